The van der Waals surface area contributed by atoms with Gasteiger partial charge < -0.3 is 14.8 Å². The van der Waals surface area contributed by atoms with Crippen molar-refractivity contribution in [1.82, 2.24) is 5.32 Å². The van der Waals surface area contributed by atoms with Crippen LogP contribution in [0.15, 0.2) is 18.2 Å². The van der Waals surface area contributed by atoms with Gasteiger partial charge in [0.05, 0.1) is 17.7 Å². The van der Waals surface area contributed by atoms with Gasteiger partial charge in [0.1, 0.15) is 5.75 Å². The maximum Gasteiger partial charge on any atom is 0.137 e. The quantitative estimate of drug-likeness (QED) is 0.873. The standard InChI is InChI=1S/C14H20ClNO2.ClH/c1-2-17-14-6-5-11(8-13(14)15)9-16-10-12-4-3-7-18-12;/h5-6,8,12,16H,2-4,7,9-10H2,1H3;1H. The number of hydrogen-bond donors (Lipinski definition) is 1. The Morgan fingerprint density at radius 1 is 1.47 bits per heavy atom. The monoisotopic (exact) mass is 305 g/mol. The Bertz CT molecular complexity index is 382. The van der Waals surface area contributed by atoms with Crippen LogP contribution in [0, 0.1) is 0 Å². The summed E-state index contributed by atoms with van der Waals surface area (Å²) >= 11 is 6.14. The van der Waals surface area contributed by atoms with E-state index in [4.69, 9.17) is 21.1 Å². The van der Waals surface area contributed by atoms with Gasteiger partial charge in [0.25, 0.3) is 0 Å². The molecule has 1 saturated heterocycles. The molecule has 0 saturated carbocycles. The molecule has 0 aliphatic carbocycles. The summed E-state index contributed by atoms with van der Waals surface area (Å²) < 4.78 is 11.0. The highest BCUT2D eigenvalue weighted by Crippen LogP contribution is 2.25. The Labute approximate surface area is 126 Å². The van der Waals surface area contributed by atoms with Crippen LogP contribution in [0.4, 0.5) is 0 Å². The summed E-state index contributed by atoms with van der Waals surface area (Å²) in [4.78, 5) is 0. The summed E-state index contributed by atoms with van der Waals surface area (Å²) in [5.41, 5.74) is 1.17. The van der Waals surface area contributed by atoms with E-state index in [1.54, 1.807) is 0 Å². The van der Waals surface area contributed by atoms with Crippen LogP contribution in [0.2, 0.25) is 5.02 Å². The first-order valence-electron chi connectivity index (χ1n) is 6.53. The average Bonchev–Trinajstić information content (AvgIpc) is 2.86. The lowest BCUT2D eigenvalue weighted by Gasteiger charge is -2.12. The number of nitrogens with one attached hydrogen (secondary N) is 1. The lowest BCUT2D eigenvalue weighted by Crippen LogP contribution is -2.25. The van der Waals surface area contributed by atoms with E-state index in [1.165, 1.54) is 12.0 Å². The van der Waals surface area contributed by atoms with Crippen LogP contribution in [0.3, 0.4) is 0 Å². The molecule has 1 atom stereocenters. The van der Waals surface area contributed by atoms with E-state index in [-0.39, 0.29) is 12.4 Å². The molecule has 0 aromatic heterocycles. The zero-order chi connectivity index (χ0) is 12.8. The smallest absolute Gasteiger partial charge is 0.137 e. The molecule has 1 unspecified atom stereocenters. The van der Waals surface area contributed by atoms with Crippen molar-refractivity contribution < 1.29 is 9.47 Å². The molecule has 108 valence electrons. The molecule has 1 aliphatic rings. The molecule has 0 spiro atoms. The van der Waals surface area contributed by atoms with Crippen molar-refractivity contribution in [1.29, 1.82) is 0 Å². The number of hydrogen-bond acceptors (Lipinski definition) is 3. The molecule has 0 amide bonds. The summed E-state index contributed by atoms with van der Waals surface area (Å²) in [7, 11) is 0. The fraction of sp³-hybridized carbons (Fsp3) is 0.571. The predicted molar refractivity (Wildman–Crippen MR) is 80.5 cm³/mol. The molecule has 1 N–H and O–H groups in total. The molecule has 2 rings (SSSR count). The predicted octanol–water partition coefficient (Wildman–Crippen LogP) is 3.43. The van der Waals surface area contributed by atoms with Crippen molar-refractivity contribution in [2.24, 2.45) is 0 Å². The van der Waals surface area contributed by atoms with Gasteiger partial charge >= 0.3 is 0 Å². The van der Waals surface area contributed by atoms with E-state index >= 15 is 0 Å². The molecule has 1 aromatic rings. The second kappa shape index (κ2) is 8.64. The summed E-state index contributed by atoms with van der Waals surface area (Å²) in [6.07, 6.45) is 2.72. The molecular formula is C14H21Cl2NO2. The zero-order valence-electron chi connectivity index (χ0n) is 11.2. The van der Waals surface area contributed by atoms with Crippen LogP contribution in [0.5, 0.6) is 5.75 Å². The molecule has 5 heteroatoms. The second-order valence-corrected chi connectivity index (χ2v) is 4.87. The van der Waals surface area contributed by atoms with E-state index < -0.39 is 0 Å². The second-order valence-electron chi connectivity index (χ2n) is 4.46. The van der Waals surface area contributed by atoms with E-state index in [2.05, 4.69) is 5.32 Å². The molecule has 1 heterocycles. The summed E-state index contributed by atoms with van der Waals surface area (Å²) in [6, 6.07) is 5.92. The molecule has 1 aromatic carbocycles. The molecule has 1 fully saturated rings. The Morgan fingerprint density at radius 2 is 2.32 bits per heavy atom. The highest BCUT2D eigenvalue weighted by Gasteiger charge is 2.14. The van der Waals surface area contributed by atoms with Crippen molar-refractivity contribution in [3.63, 3.8) is 0 Å². The van der Waals surface area contributed by atoms with Crippen LogP contribution in [-0.2, 0) is 11.3 Å². The third-order valence-electron chi connectivity index (χ3n) is 3.02. The molecule has 19 heavy (non-hydrogen) atoms. The minimum absolute atomic E-state index is 0. The van der Waals surface area contributed by atoms with Gasteiger partial charge in [-0.15, -0.1) is 12.4 Å². The third kappa shape index (κ3) is 5.19. The van der Waals surface area contributed by atoms with Gasteiger partial charge in [-0.3, -0.25) is 0 Å². The molecule has 3 nitrogen and oxygen atoms in total. The van der Waals surface area contributed by atoms with Gasteiger partial charge in [0.15, 0.2) is 0 Å². The number of rotatable bonds is 6. The van der Waals surface area contributed by atoms with Crippen LogP contribution >= 0.6 is 24.0 Å². The molecular weight excluding hydrogens is 285 g/mol. The topological polar surface area (TPSA) is 30.5 Å². The van der Waals surface area contributed by atoms with Crippen LogP contribution in [-0.4, -0.2) is 25.9 Å². The number of ether oxygens (including phenoxy) is 2. The molecule has 0 bridgehead atoms. The van der Waals surface area contributed by atoms with E-state index in [0.717, 1.165) is 31.9 Å². The van der Waals surface area contributed by atoms with Gasteiger partial charge in [-0.2, -0.15) is 0 Å². The van der Waals surface area contributed by atoms with Crippen molar-refractivity contribution >= 4 is 24.0 Å². The Kier molecular flexibility index (Phi) is 7.54. The maximum absolute atomic E-state index is 6.14. The average molecular weight is 306 g/mol. The minimum atomic E-state index is 0. The summed E-state index contributed by atoms with van der Waals surface area (Å²) in [5.74, 6) is 0.752. The van der Waals surface area contributed by atoms with E-state index in [0.29, 0.717) is 17.7 Å². The van der Waals surface area contributed by atoms with Gasteiger partial charge in [-0.05, 0) is 37.5 Å². The van der Waals surface area contributed by atoms with Crippen LogP contribution < -0.4 is 10.1 Å². The van der Waals surface area contributed by atoms with Crippen LogP contribution in [0.1, 0.15) is 25.3 Å². The van der Waals surface area contributed by atoms with Crippen molar-refractivity contribution in [3.8, 4) is 5.75 Å². The zero-order valence-corrected chi connectivity index (χ0v) is 12.7. The van der Waals surface area contributed by atoms with Crippen molar-refractivity contribution in [2.75, 3.05) is 19.8 Å². The van der Waals surface area contributed by atoms with Crippen molar-refractivity contribution in [3.05, 3.63) is 28.8 Å². The fourth-order valence-electron chi connectivity index (χ4n) is 2.11. The minimum Gasteiger partial charge on any atom is -0.492 e. The highest BCUT2D eigenvalue weighted by atomic mass is 35.5. The molecule has 1 aliphatic heterocycles. The van der Waals surface area contributed by atoms with E-state index in [9.17, 15) is 0 Å². The first kappa shape index (κ1) is 16.6. The normalized spacial score (nSPS) is 18.1. The number of benzene rings is 1. The summed E-state index contributed by atoms with van der Waals surface area (Å²) in [5, 5.41) is 4.07. The SMILES string of the molecule is CCOc1ccc(CNCC2CCCO2)cc1Cl.Cl. The maximum atomic E-state index is 6.14. The van der Waals surface area contributed by atoms with Crippen molar-refractivity contribution in [2.45, 2.75) is 32.4 Å². The molecule has 0 radical (unpaired) electrons. The highest BCUT2D eigenvalue weighted by molar-refractivity contribution is 6.32. The Morgan fingerprint density at radius 3 is 2.95 bits per heavy atom. The number of halogens is 2. The Balaban J connectivity index is 0.00000180. The third-order valence-corrected chi connectivity index (χ3v) is 3.32. The van der Waals surface area contributed by atoms with Gasteiger partial charge in [-0.25, -0.2) is 0 Å². The van der Waals surface area contributed by atoms with Gasteiger partial charge in [-0.1, -0.05) is 17.7 Å². The van der Waals surface area contributed by atoms with Gasteiger partial charge in [0, 0.05) is 19.7 Å². The largest absolute Gasteiger partial charge is 0.492 e. The fourth-order valence-corrected chi connectivity index (χ4v) is 2.37. The first-order chi connectivity index (χ1) is 8.79. The lowest BCUT2D eigenvalue weighted by molar-refractivity contribution is 0.110. The Hall–Kier alpha value is -0.480. The van der Waals surface area contributed by atoms with Crippen LogP contribution in [0.25, 0.3) is 0 Å². The van der Waals surface area contributed by atoms with Gasteiger partial charge in [0.2, 0.25) is 0 Å². The first-order valence-corrected chi connectivity index (χ1v) is 6.91. The summed E-state index contributed by atoms with van der Waals surface area (Å²) in [6.45, 7) is 5.21. The van der Waals surface area contributed by atoms with E-state index in [1.807, 2.05) is 25.1 Å². The lowest BCUT2D eigenvalue weighted by atomic mass is 10.2.